The number of phenols is 1. The van der Waals surface area contributed by atoms with Gasteiger partial charge < -0.3 is 20.1 Å². The number of hydrogen-bond acceptors (Lipinski definition) is 5. The van der Waals surface area contributed by atoms with Gasteiger partial charge in [0.1, 0.15) is 0 Å². The Morgan fingerprint density at radius 1 is 1.36 bits per heavy atom. The van der Waals surface area contributed by atoms with Gasteiger partial charge in [-0.05, 0) is 42.7 Å². The van der Waals surface area contributed by atoms with Gasteiger partial charge in [0.05, 0.1) is 12.7 Å². The molecule has 0 amide bonds. The molecule has 2 atom stereocenters. The van der Waals surface area contributed by atoms with Crippen LogP contribution in [0.2, 0.25) is 0 Å². The number of ether oxygens (including phenoxy) is 1. The minimum Gasteiger partial charge on any atom is -0.505 e. The molecular formula is C19H25FO5. The van der Waals surface area contributed by atoms with Crippen molar-refractivity contribution in [2.45, 2.75) is 51.7 Å². The van der Waals surface area contributed by atoms with Crippen molar-refractivity contribution in [2.24, 2.45) is 0 Å². The summed E-state index contributed by atoms with van der Waals surface area (Å²) in [4.78, 5) is 11.5. The SMILES string of the molecule is CCCC(=C=CC[C@@H](O)c1ccc(O)c(F)c1)C[C@@H](O)C(=O)OCC. The molecule has 1 rings (SSSR count). The molecule has 6 heteroatoms. The second-order valence-corrected chi connectivity index (χ2v) is 5.64. The third-order valence-corrected chi connectivity index (χ3v) is 3.55. The summed E-state index contributed by atoms with van der Waals surface area (Å²) in [7, 11) is 0. The maximum atomic E-state index is 13.3. The molecule has 0 heterocycles. The number of aromatic hydroxyl groups is 1. The highest BCUT2D eigenvalue weighted by molar-refractivity contribution is 5.74. The molecule has 1 aromatic rings. The van der Waals surface area contributed by atoms with Crippen LogP contribution < -0.4 is 0 Å². The summed E-state index contributed by atoms with van der Waals surface area (Å²) in [6.07, 6.45) is 1.19. The molecular weight excluding hydrogens is 327 g/mol. The lowest BCUT2D eigenvalue weighted by Gasteiger charge is -2.11. The molecule has 0 radical (unpaired) electrons. The number of aliphatic hydroxyl groups is 2. The van der Waals surface area contributed by atoms with E-state index in [1.165, 1.54) is 12.1 Å². The van der Waals surface area contributed by atoms with Gasteiger partial charge >= 0.3 is 5.97 Å². The van der Waals surface area contributed by atoms with Gasteiger partial charge in [0.2, 0.25) is 0 Å². The number of carbonyl (C=O) groups is 1. The molecule has 1 aromatic carbocycles. The first kappa shape index (κ1) is 20.9. The minimum atomic E-state index is -1.24. The first-order chi connectivity index (χ1) is 11.9. The number of esters is 1. The van der Waals surface area contributed by atoms with Gasteiger partial charge in [-0.2, -0.15) is 0 Å². The van der Waals surface area contributed by atoms with Crippen molar-refractivity contribution in [1.29, 1.82) is 0 Å². The van der Waals surface area contributed by atoms with Crippen LogP contribution in [0.5, 0.6) is 5.75 Å². The van der Waals surface area contributed by atoms with Crippen LogP contribution in [-0.4, -0.2) is 34.0 Å². The van der Waals surface area contributed by atoms with Crippen molar-refractivity contribution >= 4 is 5.97 Å². The summed E-state index contributed by atoms with van der Waals surface area (Å²) in [5.74, 6) is -1.93. The second kappa shape index (κ2) is 10.7. The van der Waals surface area contributed by atoms with Crippen LogP contribution in [0.4, 0.5) is 4.39 Å². The smallest absolute Gasteiger partial charge is 0.335 e. The van der Waals surface area contributed by atoms with E-state index in [1.54, 1.807) is 13.0 Å². The summed E-state index contributed by atoms with van der Waals surface area (Å²) in [5.41, 5.74) is 4.08. The zero-order chi connectivity index (χ0) is 18.8. The van der Waals surface area contributed by atoms with Gasteiger partial charge in [0, 0.05) is 12.8 Å². The number of benzene rings is 1. The van der Waals surface area contributed by atoms with E-state index >= 15 is 0 Å². The first-order valence-electron chi connectivity index (χ1n) is 8.33. The quantitative estimate of drug-likeness (QED) is 0.469. The number of rotatable bonds is 9. The van der Waals surface area contributed by atoms with Crippen molar-refractivity contribution in [3.63, 3.8) is 0 Å². The summed E-state index contributed by atoms with van der Waals surface area (Å²) < 4.78 is 18.1. The van der Waals surface area contributed by atoms with E-state index in [2.05, 4.69) is 5.73 Å². The number of phenolic OH excluding ortho intramolecular Hbond substituents is 1. The van der Waals surface area contributed by atoms with Crippen molar-refractivity contribution < 1.29 is 29.2 Å². The molecule has 0 spiro atoms. The summed E-state index contributed by atoms with van der Waals surface area (Å²) in [6, 6.07) is 3.71. The standard InChI is InChI=1S/C19H25FO5/c1-3-6-13(11-18(23)19(24)25-4-2)7-5-8-16(21)14-9-10-17(22)15(20)12-14/h5,9-10,12,16,18,21-23H,3-4,6,8,11H2,1-2H3/t7?,16-,18-/m1/s1. The Morgan fingerprint density at radius 3 is 2.68 bits per heavy atom. The van der Waals surface area contributed by atoms with Crippen LogP contribution in [0.1, 0.15) is 51.2 Å². The van der Waals surface area contributed by atoms with Gasteiger partial charge in [-0.25, -0.2) is 9.18 Å². The number of hydrogen-bond donors (Lipinski definition) is 3. The Hall–Kier alpha value is -2.14. The average molecular weight is 352 g/mol. The summed E-state index contributed by atoms with van der Waals surface area (Å²) >= 11 is 0. The normalized spacial score (nSPS) is 12.8. The fourth-order valence-corrected chi connectivity index (χ4v) is 2.27. The van der Waals surface area contributed by atoms with Gasteiger partial charge in [-0.3, -0.25) is 0 Å². The highest BCUT2D eigenvalue weighted by Crippen LogP contribution is 2.23. The van der Waals surface area contributed by atoms with E-state index in [9.17, 15) is 19.4 Å². The van der Waals surface area contributed by atoms with Crippen molar-refractivity contribution in [3.8, 4) is 5.75 Å². The topological polar surface area (TPSA) is 87.0 Å². The predicted molar refractivity (Wildman–Crippen MR) is 91.4 cm³/mol. The van der Waals surface area contributed by atoms with E-state index in [0.717, 1.165) is 18.1 Å². The molecule has 0 aromatic heterocycles. The maximum Gasteiger partial charge on any atom is 0.335 e. The van der Waals surface area contributed by atoms with Crippen molar-refractivity contribution in [3.05, 3.63) is 47.0 Å². The highest BCUT2D eigenvalue weighted by Gasteiger charge is 2.17. The second-order valence-electron chi connectivity index (χ2n) is 5.64. The lowest BCUT2D eigenvalue weighted by atomic mass is 10.0. The first-order valence-corrected chi connectivity index (χ1v) is 8.33. The number of carbonyl (C=O) groups excluding carboxylic acids is 1. The third kappa shape index (κ3) is 7.10. The zero-order valence-corrected chi connectivity index (χ0v) is 14.5. The molecule has 25 heavy (non-hydrogen) atoms. The Balaban J connectivity index is 2.76. The summed E-state index contributed by atoms with van der Waals surface area (Å²) in [6.45, 7) is 3.83. The Bertz CT molecular complexity index is 635. The molecule has 0 bridgehead atoms. The number of halogens is 1. The molecule has 0 saturated heterocycles. The summed E-state index contributed by atoms with van der Waals surface area (Å²) in [5, 5.41) is 29.1. The Morgan fingerprint density at radius 2 is 2.08 bits per heavy atom. The lowest BCUT2D eigenvalue weighted by Crippen LogP contribution is -2.23. The van der Waals surface area contributed by atoms with Crippen molar-refractivity contribution in [2.75, 3.05) is 6.61 Å². The molecule has 3 N–H and O–H groups in total. The molecule has 138 valence electrons. The number of aliphatic hydroxyl groups excluding tert-OH is 2. The lowest BCUT2D eigenvalue weighted by molar-refractivity contribution is -0.152. The highest BCUT2D eigenvalue weighted by atomic mass is 19.1. The van der Waals surface area contributed by atoms with E-state index in [-0.39, 0.29) is 19.4 Å². The molecule has 0 saturated carbocycles. The van der Waals surface area contributed by atoms with Crippen LogP contribution >= 0.6 is 0 Å². The van der Waals surface area contributed by atoms with Crippen molar-refractivity contribution in [1.82, 2.24) is 0 Å². The Kier molecular flexibility index (Phi) is 8.92. The monoisotopic (exact) mass is 352 g/mol. The van der Waals surface area contributed by atoms with Crippen LogP contribution in [0.25, 0.3) is 0 Å². The van der Waals surface area contributed by atoms with Gasteiger partial charge in [-0.15, -0.1) is 5.73 Å². The third-order valence-electron chi connectivity index (χ3n) is 3.55. The molecule has 0 aliphatic rings. The fraction of sp³-hybridized carbons (Fsp3) is 0.474. The van der Waals surface area contributed by atoms with E-state index in [4.69, 9.17) is 9.84 Å². The van der Waals surface area contributed by atoms with Gasteiger partial charge in [0.25, 0.3) is 0 Å². The average Bonchev–Trinajstić information content (AvgIpc) is 2.57. The largest absolute Gasteiger partial charge is 0.505 e. The van der Waals surface area contributed by atoms with Crippen LogP contribution in [-0.2, 0) is 9.53 Å². The Labute approximate surface area is 147 Å². The maximum absolute atomic E-state index is 13.3. The molecule has 0 fully saturated rings. The molecule has 0 unspecified atom stereocenters. The molecule has 0 aliphatic heterocycles. The van der Waals surface area contributed by atoms with Gasteiger partial charge in [-0.1, -0.05) is 19.4 Å². The molecule has 0 aliphatic carbocycles. The van der Waals surface area contributed by atoms with E-state index in [1.807, 2.05) is 6.92 Å². The van der Waals surface area contributed by atoms with E-state index in [0.29, 0.717) is 12.0 Å². The minimum absolute atomic E-state index is 0.118. The van der Waals surface area contributed by atoms with Gasteiger partial charge in [0.15, 0.2) is 17.7 Å². The van der Waals surface area contributed by atoms with E-state index < -0.39 is 29.7 Å². The van der Waals surface area contributed by atoms with Crippen LogP contribution in [0, 0.1) is 5.82 Å². The molecule has 5 nitrogen and oxygen atoms in total. The zero-order valence-electron chi connectivity index (χ0n) is 14.5. The predicted octanol–water partition coefficient (Wildman–Crippen LogP) is 3.15. The van der Waals surface area contributed by atoms with Crippen LogP contribution in [0.15, 0.2) is 35.6 Å². The van der Waals surface area contributed by atoms with Crippen LogP contribution in [0.3, 0.4) is 0 Å². The fourth-order valence-electron chi connectivity index (χ4n) is 2.27.